The van der Waals surface area contributed by atoms with Crippen molar-refractivity contribution in [2.45, 2.75) is 17.9 Å². The number of benzene rings is 1. The van der Waals surface area contributed by atoms with Gasteiger partial charge in [-0.1, -0.05) is 0 Å². The van der Waals surface area contributed by atoms with Gasteiger partial charge in [-0.05, 0) is 30.2 Å². The van der Waals surface area contributed by atoms with E-state index in [9.17, 15) is 13.2 Å². The van der Waals surface area contributed by atoms with Gasteiger partial charge in [-0.3, -0.25) is 4.79 Å². The summed E-state index contributed by atoms with van der Waals surface area (Å²) in [6, 6.07) is 4.60. The molecule has 0 spiro atoms. The van der Waals surface area contributed by atoms with Gasteiger partial charge in [0.2, 0.25) is 15.9 Å². The van der Waals surface area contributed by atoms with Crippen molar-refractivity contribution >= 4 is 21.6 Å². The van der Waals surface area contributed by atoms with Crippen LogP contribution in [-0.4, -0.2) is 30.4 Å². The molecular weight excluding hydrogens is 292 g/mol. The number of fused-ring (bicyclic) bond motifs is 1. The second-order valence-electron chi connectivity index (χ2n) is 4.87. The lowest BCUT2D eigenvalue weighted by atomic mass is 10.2. The van der Waals surface area contributed by atoms with Crippen molar-refractivity contribution in [2.24, 2.45) is 5.14 Å². The molecule has 2 aromatic rings. The average molecular weight is 306 g/mol. The number of primary sulfonamides is 1. The maximum atomic E-state index is 12.3. The number of hydrogen-bond donors (Lipinski definition) is 1. The van der Waals surface area contributed by atoms with Gasteiger partial charge in [-0.15, -0.1) is 0 Å². The van der Waals surface area contributed by atoms with E-state index in [0.29, 0.717) is 13.0 Å². The quantitative estimate of drug-likeness (QED) is 0.870. The zero-order valence-electron chi connectivity index (χ0n) is 11.1. The summed E-state index contributed by atoms with van der Waals surface area (Å²) in [5.41, 5.74) is 1.56. The highest BCUT2D eigenvalue weighted by molar-refractivity contribution is 7.89. The van der Waals surface area contributed by atoms with E-state index in [1.807, 2.05) is 0 Å². The second kappa shape index (κ2) is 4.97. The molecule has 3 rings (SSSR count). The number of carbonyl (C=O) groups excluding carboxylic acids is 1. The summed E-state index contributed by atoms with van der Waals surface area (Å²) in [4.78, 5) is 17.9. The number of anilines is 1. The lowest BCUT2D eigenvalue weighted by molar-refractivity contribution is -0.119. The standard InChI is InChI=1S/C13H14N4O3S/c14-21(19,20)11-1-2-12-10(7-11)3-5-17(12)13(18)8-16-6-4-15-9-16/h1-2,4,6-7,9H,3,5,8H2,(H2,14,19,20). The molecule has 21 heavy (non-hydrogen) atoms. The molecule has 1 aliphatic rings. The van der Waals surface area contributed by atoms with Crippen molar-refractivity contribution in [3.05, 3.63) is 42.5 Å². The van der Waals surface area contributed by atoms with Gasteiger partial charge in [0.05, 0.1) is 11.2 Å². The van der Waals surface area contributed by atoms with Crippen LogP contribution in [0.15, 0.2) is 41.8 Å². The van der Waals surface area contributed by atoms with E-state index in [-0.39, 0.29) is 17.3 Å². The van der Waals surface area contributed by atoms with Crippen molar-refractivity contribution < 1.29 is 13.2 Å². The molecule has 110 valence electrons. The smallest absolute Gasteiger partial charge is 0.246 e. The van der Waals surface area contributed by atoms with Crippen LogP contribution in [0.3, 0.4) is 0 Å². The van der Waals surface area contributed by atoms with Gasteiger partial charge in [0.15, 0.2) is 0 Å². The first-order chi connectivity index (χ1) is 9.95. The molecule has 0 radical (unpaired) electrons. The maximum absolute atomic E-state index is 12.3. The van der Waals surface area contributed by atoms with Crippen LogP contribution in [0.1, 0.15) is 5.56 Å². The molecular formula is C13H14N4O3S. The Labute approximate surface area is 122 Å². The number of nitrogens with two attached hydrogens (primary N) is 1. The predicted octanol–water partition coefficient (Wildman–Crippen LogP) is 0.120. The van der Waals surface area contributed by atoms with Gasteiger partial charge in [0, 0.05) is 24.6 Å². The normalized spacial score (nSPS) is 14.2. The molecule has 0 unspecified atom stereocenters. The minimum Gasteiger partial charge on any atom is -0.328 e. The minimum atomic E-state index is -3.72. The molecule has 0 saturated heterocycles. The van der Waals surface area contributed by atoms with Crippen molar-refractivity contribution in [2.75, 3.05) is 11.4 Å². The first-order valence-corrected chi connectivity index (χ1v) is 7.91. The number of hydrogen-bond acceptors (Lipinski definition) is 4. The number of imidazole rings is 1. The minimum absolute atomic E-state index is 0.0601. The second-order valence-corrected chi connectivity index (χ2v) is 6.43. The average Bonchev–Trinajstić information content (AvgIpc) is 3.05. The summed E-state index contributed by atoms with van der Waals surface area (Å²) < 4.78 is 24.4. The summed E-state index contributed by atoms with van der Waals surface area (Å²) in [5.74, 6) is -0.0601. The van der Waals surface area contributed by atoms with E-state index in [1.54, 1.807) is 34.3 Å². The molecule has 0 saturated carbocycles. The largest absolute Gasteiger partial charge is 0.328 e. The molecule has 1 amide bonds. The van der Waals surface area contributed by atoms with Crippen molar-refractivity contribution in [3.8, 4) is 0 Å². The van der Waals surface area contributed by atoms with E-state index in [4.69, 9.17) is 5.14 Å². The van der Waals surface area contributed by atoms with Gasteiger partial charge < -0.3 is 9.47 Å². The van der Waals surface area contributed by atoms with Crippen molar-refractivity contribution in [1.82, 2.24) is 9.55 Å². The SMILES string of the molecule is NS(=O)(=O)c1ccc2c(c1)CCN2C(=O)Cn1ccnc1. The van der Waals surface area contributed by atoms with Crippen LogP contribution < -0.4 is 10.0 Å². The van der Waals surface area contributed by atoms with Gasteiger partial charge in [-0.2, -0.15) is 0 Å². The molecule has 1 aromatic carbocycles. The Bertz CT molecular complexity index is 784. The molecule has 1 aliphatic heterocycles. The van der Waals surface area contributed by atoms with Gasteiger partial charge >= 0.3 is 0 Å². The first-order valence-electron chi connectivity index (χ1n) is 6.37. The number of nitrogens with zero attached hydrogens (tertiary/aromatic N) is 3. The fraction of sp³-hybridized carbons (Fsp3) is 0.231. The van der Waals surface area contributed by atoms with Gasteiger partial charge in [0.1, 0.15) is 6.54 Å². The van der Waals surface area contributed by atoms with E-state index in [2.05, 4.69) is 4.98 Å². The summed E-state index contributed by atoms with van der Waals surface area (Å²) in [7, 11) is -3.72. The topological polar surface area (TPSA) is 98.3 Å². The van der Waals surface area contributed by atoms with Gasteiger partial charge in [-0.25, -0.2) is 18.5 Å². The van der Waals surface area contributed by atoms with E-state index < -0.39 is 10.0 Å². The first kappa shape index (κ1) is 13.8. The van der Waals surface area contributed by atoms with E-state index in [0.717, 1.165) is 11.3 Å². The zero-order chi connectivity index (χ0) is 15.0. The molecule has 7 nitrogen and oxygen atoms in total. The monoisotopic (exact) mass is 306 g/mol. The van der Waals surface area contributed by atoms with Crippen LogP contribution in [0.4, 0.5) is 5.69 Å². The summed E-state index contributed by atoms with van der Waals surface area (Å²) in [5, 5.41) is 5.12. The summed E-state index contributed by atoms with van der Waals surface area (Å²) in [6.07, 6.45) is 5.54. The van der Waals surface area contributed by atoms with Crippen LogP contribution in [0, 0.1) is 0 Å². The Morgan fingerprint density at radius 1 is 1.38 bits per heavy atom. The van der Waals surface area contributed by atoms with Crippen molar-refractivity contribution in [1.29, 1.82) is 0 Å². The molecule has 2 N–H and O–H groups in total. The molecule has 0 atom stereocenters. The molecule has 2 heterocycles. The molecule has 0 bridgehead atoms. The fourth-order valence-corrected chi connectivity index (χ4v) is 3.00. The van der Waals surface area contributed by atoms with E-state index >= 15 is 0 Å². The lowest BCUT2D eigenvalue weighted by Gasteiger charge is -2.17. The third-order valence-electron chi connectivity index (χ3n) is 3.45. The van der Waals surface area contributed by atoms with E-state index in [1.165, 1.54) is 12.1 Å². The van der Waals surface area contributed by atoms with Gasteiger partial charge in [0.25, 0.3) is 0 Å². The number of amides is 1. The Kier molecular flexibility index (Phi) is 3.26. The van der Waals surface area contributed by atoms with Crippen LogP contribution >= 0.6 is 0 Å². The Hall–Kier alpha value is -2.19. The van der Waals surface area contributed by atoms with Crippen LogP contribution in [0.2, 0.25) is 0 Å². The van der Waals surface area contributed by atoms with Crippen molar-refractivity contribution in [3.63, 3.8) is 0 Å². The highest BCUT2D eigenvalue weighted by Gasteiger charge is 2.25. The number of carbonyl (C=O) groups is 1. The number of sulfonamides is 1. The highest BCUT2D eigenvalue weighted by Crippen LogP contribution is 2.30. The third-order valence-corrected chi connectivity index (χ3v) is 4.36. The van der Waals surface area contributed by atoms with Crippen LogP contribution in [0.5, 0.6) is 0 Å². The Morgan fingerprint density at radius 2 is 2.19 bits per heavy atom. The summed E-state index contributed by atoms with van der Waals surface area (Å²) in [6.45, 7) is 0.743. The highest BCUT2D eigenvalue weighted by atomic mass is 32.2. The Morgan fingerprint density at radius 3 is 2.86 bits per heavy atom. The number of aromatic nitrogens is 2. The Balaban J connectivity index is 1.85. The third kappa shape index (κ3) is 2.67. The molecule has 8 heteroatoms. The maximum Gasteiger partial charge on any atom is 0.246 e. The van der Waals surface area contributed by atoms with Crippen LogP contribution in [0.25, 0.3) is 0 Å². The fourth-order valence-electron chi connectivity index (χ4n) is 2.44. The zero-order valence-corrected chi connectivity index (χ0v) is 12.0. The summed E-state index contributed by atoms with van der Waals surface area (Å²) >= 11 is 0. The molecule has 1 aromatic heterocycles. The number of rotatable bonds is 3. The molecule has 0 fully saturated rings. The predicted molar refractivity (Wildman–Crippen MR) is 76.1 cm³/mol. The van der Waals surface area contributed by atoms with Crippen LogP contribution in [-0.2, 0) is 27.8 Å². The lowest BCUT2D eigenvalue weighted by Crippen LogP contribution is -2.31. The molecule has 0 aliphatic carbocycles.